The standard InChI is InChI=1S/C12H17IN2O2/c1-4-7(2)6-14-11(16)9-5-10(13)8(3)15-12(9)17/h5,7H,4,6H2,1-3H3,(H,14,16)(H,15,17)/t7-/m0/s1. The van der Waals surface area contributed by atoms with E-state index in [4.69, 9.17) is 0 Å². The highest BCUT2D eigenvalue weighted by molar-refractivity contribution is 14.1. The molecule has 0 bridgehead atoms. The molecule has 2 N–H and O–H groups in total. The number of H-pyrrole nitrogens is 1. The summed E-state index contributed by atoms with van der Waals surface area (Å²) in [5.74, 6) is 0.118. The first kappa shape index (κ1) is 14.2. The first-order valence-corrected chi connectivity index (χ1v) is 6.71. The average Bonchev–Trinajstić information content (AvgIpc) is 2.30. The minimum absolute atomic E-state index is 0.184. The van der Waals surface area contributed by atoms with Crippen molar-refractivity contribution >= 4 is 28.5 Å². The summed E-state index contributed by atoms with van der Waals surface area (Å²) in [5.41, 5.74) is 0.641. The summed E-state index contributed by atoms with van der Waals surface area (Å²) in [5, 5.41) is 2.77. The molecule has 1 aromatic heterocycles. The van der Waals surface area contributed by atoms with E-state index in [1.165, 1.54) is 0 Å². The Balaban J connectivity index is 2.83. The van der Waals surface area contributed by atoms with E-state index >= 15 is 0 Å². The molecule has 0 fully saturated rings. The van der Waals surface area contributed by atoms with Crippen LogP contribution in [0.15, 0.2) is 10.9 Å². The van der Waals surface area contributed by atoms with Gasteiger partial charge in [0.15, 0.2) is 0 Å². The molecule has 0 aliphatic rings. The molecule has 5 heteroatoms. The van der Waals surface area contributed by atoms with Crippen molar-refractivity contribution in [2.75, 3.05) is 6.54 Å². The number of aromatic amines is 1. The van der Waals surface area contributed by atoms with Crippen molar-refractivity contribution in [1.82, 2.24) is 10.3 Å². The van der Waals surface area contributed by atoms with E-state index in [0.29, 0.717) is 12.5 Å². The van der Waals surface area contributed by atoms with Gasteiger partial charge in [0.2, 0.25) is 0 Å². The number of aromatic nitrogens is 1. The Morgan fingerprint density at radius 3 is 2.82 bits per heavy atom. The molecule has 0 saturated heterocycles. The van der Waals surface area contributed by atoms with Crippen LogP contribution in [0.3, 0.4) is 0 Å². The molecule has 4 nitrogen and oxygen atoms in total. The number of aryl methyl sites for hydroxylation is 1. The lowest BCUT2D eigenvalue weighted by atomic mass is 10.1. The fourth-order valence-electron chi connectivity index (χ4n) is 1.27. The van der Waals surface area contributed by atoms with Gasteiger partial charge in [-0.1, -0.05) is 20.3 Å². The molecule has 0 spiro atoms. The van der Waals surface area contributed by atoms with Gasteiger partial charge in [-0.2, -0.15) is 0 Å². The number of nitrogens with one attached hydrogen (secondary N) is 2. The molecule has 0 radical (unpaired) electrons. The second kappa shape index (κ2) is 6.18. The predicted molar refractivity (Wildman–Crippen MR) is 76.3 cm³/mol. The zero-order valence-corrected chi connectivity index (χ0v) is 12.4. The molecule has 0 aliphatic carbocycles. The lowest BCUT2D eigenvalue weighted by Gasteiger charge is -2.10. The minimum atomic E-state index is -0.329. The summed E-state index contributed by atoms with van der Waals surface area (Å²) in [6, 6.07) is 1.63. The van der Waals surface area contributed by atoms with Crippen molar-refractivity contribution in [1.29, 1.82) is 0 Å². The van der Waals surface area contributed by atoms with Crippen molar-refractivity contribution in [2.24, 2.45) is 5.92 Å². The molecule has 1 heterocycles. The molecular formula is C12H17IN2O2. The summed E-state index contributed by atoms with van der Waals surface area (Å²) in [7, 11) is 0. The highest BCUT2D eigenvalue weighted by atomic mass is 127. The maximum Gasteiger partial charge on any atom is 0.261 e. The van der Waals surface area contributed by atoms with Crippen LogP contribution in [-0.2, 0) is 0 Å². The molecule has 1 atom stereocenters. The number of rotatable bonds is 4. The van der Waals surface area contributed by atoms with E-state index in [2.05, 4.69) is 46.7 Å². The van der Waals surface area contributed by atoms with E-state index in [9.17, 15) is 9.59 Å². The molecular weight excluding hydrogens is 331 g/mol. The molecule has 1 rings (SSSR count). The summed E-state index contributed by atoms with van der Waals surface area (Å²) in [4.78, 5) is 26.1. The zero-order chi connectivity index (χ0) is 13.0. The molecule has 17 heavy (non-hydrogen) atoms. The number of amides is 1. The van der Waals surface area contributed by atoms with Crippen LogP contribution in [0, 0.1) is 16.4 Å². The Labute approximate surface area is 114 Å². The summed E-state index contributed by atoms with van der Waals surface area (Å²) >= 11 is 2.10. The second-order valence-electron chi connectivity index (χ2n) is 4.21. The second-order valence-corrected chi connectivity index (χ2v) is 5.37. The number of hydrogen-bond donors (Lipinski definition) is 2. The molecule has 1 aromatic rings. The summed E-state index contributed by atoms with van der Waals surface area (Å²) in [6.07, 6.45) is 1.00. The van der Waals surface area contributed by atoms with E-state index in [1.807, 2.05) is 6.92 Å². The van der Waals surface area contributed by atoms with Crippen LogP contribution in [0.4, 0.5) is 0 Å². The number of carbonyl (C=O) groups excluding carboxylic acids is 1. The highest BCUT2D eigenvalue weighted by Gasteiger charge is 2.12. The van der Waals surface area contributed by atoms with Crippen LogP contribution < -0.4 is 10.9 Å². The Kier molecular flexibility index (Phi) is 5.17. The normalized spacial score (nSPS) is 12.2. The fraction of sp³-hybridized carbons (Fsp3) is 0.500. The fourth-order valence-corrected chi connectivity index (χ4v) is 1.72. The van der Waals surface area contributed by atoms with Gasteiger partial charge in [-0.25, -0.2) is 0 Å². The smallest absolute Gasteiger partial charge is 0.261 e. The van der Waals surface area contributed by atoms with E-state index in [0.717, 1.165) is 15.7 Å². The Hall–Kier alpha value is -0.850. The molecule has 1 amide bonds. The maximum atomic E-state index is 11.8. The number of halogens is 1. The average molecular weight is 348 g/mol. The molecule has 0 saturated carbocycles. The summed E-state index contributed by atoms with van der Waals surface area (Å²) < 4.78 is 0.885. The monoisotopic (exact) mass is 348 g/mol. The third-order valence-electron chi connectivity index (χ3n) is 2.73. The lowest BCUT2D eigenvalue weighted by molar-refractivity contribution is 0.0946. The Morgan fingerprint density at radius 2 is 2.24 bits per heavy atom. The lowest BCUT2D eigenvalue weighted by Crippen LogP contribution is -2.32. The van der Waals surface area contributed by atoms with E-state index in [1.54, 1.807) is 6.07 Å². The van der Waals surface area contributed by atoms with Crippen LogP contribution >= 0.6 is 22.6 Å². The van der Waals surface area contributed by atoms with Crippen LogP contribution in [0.2, 0.25) is 0 Å². The van der Waals surface area contributed by atoms with Crippen molar-refractivity contribution in [3.8, 4) is 0 Å². The Bertz CT molecular complexity index is 468. The third-order valence-corrected chi connectivity index (χ3v) is 3.85. The minimum Gasteiger partial charge on any atom is -0.352 e. The van der Waals surface area contributed by atoms with Gasteiger partial charge in [0.1, 0.15) is 5.56 Å². The van der Waals surface area contributed by atoms with Crippen LogP contribution in [-0.4, -0.2) is 17.4 Å². The van der Waals surface area contributed by atoms with Gasteiger partial charge in [0, 0.05) is 15.8 Å². The predicted octanol–water partition coefficient (Wildman–Crippen LogP) is 2.06. The van der Waals surface area contributed by atoms with Crippen molar-refractivity contribution < 1.29 is 4.79 Å². The highest BCUT2D eigenvalue weighted by Crippen LogP contribution is 2.08. The molecule has 94 valence electrons. The van der Waals surface area contributed by atoms with Crippen molar-refractivity contribution in [2.45, 2.75) is 27.2 Å². The zero-order valence-electron chi connectivity index (χ0n) is 10.3. The quantitative estimate of drug-likeness (QED) is 0.819. The molecule has 0 aromatic carbocycles. The third kappa shape index (κ3) is 3.83. The van der Waals surface area contributed by atoms with Gasteiger partial charge >= 0.3 is 0 Å². The van der Waals surface area contributed by atoms with Crippen LogP contribution in [0.1, 0.15) is 36.3 Å². The number of carbonyl (C=O) groups is 1. The van der Waals surface area contributed by atoms with Gasteiger partial charge in [0.05, 0.1) is 0 Å². The van der Waals surface area contributed by atoms with E-state index < -0.39 is 0 Å². The van der Waals surface area contributed by atoms with Gasteiger partial charge in [0.25, 0.3) is 11.5 Å². The first-order chi connectivity index (χ1) is 7.95. The topological polar surface area (TPSA) is 62.0 Å². The first-order valence-electron chi connectivity index (χ1n) is 5.63. The van der Waals surface area contributed by atoms with Crippen LogP contribution in [0.5, 0.6) is 0 Å². The molecule has 0 unspecified atom stereocenters. The maximum absolute atomic E-state index is 11.8. The molecule has 0 aliphatic heterocycles. The van der Waals surface area contributed by atoms with Crippen LogP contribution in [0.25, 0.3) is 0 Å². The van der Waals surface area contributed by atoms with Gasteiger partial charge in [-0.3, -0.25) is 9.59 Å². The Morgan fingerprint density at radius 1 is 1.59 bits per heavy atom. The largest absolute Gasteiger partial charge is 0.352 e. The van der Waals surface area contributed by atoms with Crippen molar-refractivity contribution in [3.63, 3.8) is 0 Å². The van der Waals surface area contributed by atoms with Gasteiger partial charge in [-0.15, -0.1) is 0 Å². The summed E-state index contributed by atoms with van der Waals surface area (Å²) in [6.45, 7) is 6.53. The number of pyridine rings is 1. The van der Waals surface area contributed by atoms with Crippen molar-refractivity contribution in [3.05, 3.63) is 31.2 Å². The SMILES string of the molecule is CC[C@H](C)CNC(=O)c1cc(I)c(C)[nH]c1=O. The number of hydrogen-bond acceptors (Lipinski definition) is 2. The van der Waals surface area contributed by atoms with Gasteiger partial charge < -0.3 is 10.3 Å². The van der Waals surface area contributed by atoms with Gasteiger partial charge in [-0.05, 0) is 41.5 Å². The van der Waals surface area contributed by atoms with E-state index in [-0.39, 0.29) is 17.0 Å².